The van der Waals surface area contributed by atoms with E-state index in [9.17, 15) is 14.9 Å². The molecular formula is C17H24N2O3. The van der Waals surface area contributed by atoms with Crippen LogP contribution in [0.3, 0.4) is 0 Å². The molecule has 0 bridgehead atoms. The second-order valence-corrected chi connectivity index (χ2v) is 5.56. The summed E-state index contributed by atoms with van der Waals surface area (Å²) >= 11 is 0. The van der Waals surface area contributed by atoms with Gasteiger partial charge in [-0.15, -0.1) is 0 Å². The number of nitro benzene ring substituents is 1. The van der Waals surface area contributed by atoms with E-state index in [1.54, 1.807) is 6.07 Å². The monoisotopic (exact) mass is 304 g/mol. The van der Waals surface area contributed by atoms with Gasteiger partial charge < -0.3 is 5.32 Å². The standard InChI is InChI=1S/C17H24N2O3/c1-4-5-6-7-10-18-16-9-8-14(19(21)22)12-15(16)17(20)11-13(2)3/h8-9,11-12,18H,4-7,10H2,1-3H3. The number of hydrogen-bond donors (Lipinski definition) is 1. The molecule has 1 aromatic carbocycles. The number of nitrogens with one attached hydrogen (secondary N) is 1. The highest BCUT2D eigenvalue weighted by Crippen LogP contribution is 2.23. The van der Waals surface area contributed by atoms with Gasteiger partial charge in [0.25, 0.3) is 5.69 Å². The summed E-state index contributed by atoms with van der Waals surface area (Å²) in [6.45, 7) is 6.56. The topological polar surface area (TPSA) is 72.2 Å². The number of anilines is 1. The lowest BCUT2D eigenvalue weighted by atomic mass is 10.1. The van der Waals surface area contributed by atoms with E-state index in [4.69, 9.17) is 0 Å². The van der Waals surface area contributed by atoms with Crippen molar-refractivity contribution in [2.45, 2.75) is 46.5 Å². The van der Waals surface area contributed by atoms with Crippen LogP contribution in [0, 0.1) is 10.1 Å². The number of nitrogens with zero attached hydrogens (tertiary/aromatic N) is 1. The molecule has 0 atom stereocenters. The molecule has 0 saturated heterocycles. The first kappa shape index (κ1) is 17.9. The molecule has 1 aromatic rings. The van der Waals surface area contributed by atoms with Crippen molar-refractivity contribution in [1.82, 2.24) is 0 Å². The average molecular weight is 304 g/mol. The fraction of sp³-hybridized carbons (Fsp3) is 0.471. The average Bonchev–Trinajstić information content (AvgIpc) is 2.46. The van der Waals surface area contributed by atoms with E-state index >= 15 is 0 Å². The number of benzene rings is 1. The molecule has 0 fully saturated rings. The Morgan fingerprint density at radius 1 is 1.27 bits per heavy atom. The lowest BCUT2D eigenvalue weighted by Crippen LogP contribution is -2.08. The number of nitro groups is 1. The highest BCUT2D eigenvalue weighted by molar-refractivity contribution is 6.09. The van der Waals surface area contributed by atoms with Crippen LogP contribution in [0.1, 0.15) is 56.8 Å². The van der Waals surface area contributed by atoms with Crippen molar-refractivity contribution in [3.63, 3.8) is 0 Å². The molecule has 5 nitrogen and oxygen atoms in total. The van der Waals surface area contributed by atoms with Crippen molar-refractivity contribution >= 4 is 17.2 Å². The third kappa shape index (κ3) is 5.68. The predicted molar refractivity (Wildman–Crippen MR) is 89.5 cm³/mol. The van der Waals surface area contributed by atoms with E-state index in [2.05, 4.69) is 12.2 Å². The molecule has 0 spiro atoms. The minimum absolute atomic E-state index is 0.0676. The number of carbonyl (C=O) groups excluding carboxylic acids is 1. The summed E-state index contributed by atoms with van der Waals surface area (Å²) in [7, 11) is 0. The van der Waals surface area contributed by atoms with Gasteiger partial charge in [-0.2, -0.15) is 0 Å². The summed E-state index contributed by atoms with van der Waals surface area (Å²) in [6.07, 6.45) is 6.00. The molecule has 0 unspecified atom stereocenters. The normalized spacial score (nSPS) is 10.1. The van der Waals surface area contributed by atoms with E-state index in [0.29, 0.717) is 11.3 Å². The van der Waals surface area contributed by atoms with Crippen molar-refractivity contribution < 1.29 is 9.72 Å². The number of non-ortho nitro benzene ring substituents is 1. The second kappa shape index (κ2) is 8.97. The lowest BCUT2D eigenvalue weighted by Gasteiger charge is -2.10. The van der Waals surface area contributed by atoms with Crippen LogP contribution >= 0.6 is 0 Å². The van der Waals surface area contributed by atoms with E-state index in [-0.39, 0.29) is 11.5 Å². The highest BCUT2D eigenvalue weighted by atomic mass is 16.6. The van der Waals surface area contributed by atoms with Gasteiger partial charge in [0.2, 0.25) is 0 Å². The van der Waals surface area contributed by atoms with Gasteiger partial charge in [-0.1, -0.05) is 31.8 Å². The van der Waals surface area contributed by atoms with Crippen LogP contribution in [0.4, 0.5) is 11.4 Å². The molecule has 1 N–H and O–H groups in total. The van der Waals surface area contributed by atoms with E-state index in [1.807, 2.05) is 13.8 Å². The Morgan fingerprint density at radius 2 is 2.00 bits per heavy atom. The maximum Gasteiger partial charge on any atom is 0.270 e. The SMILES string of the molecule is CCCCCCNc1ccc([N+](=O)[O-])cc1C(=O)C=C(C)C. The third-order valence-electron chi connectivity index (χ3n) is 3.24. The van der Waals surface area contributed by atoms with Crippen LogP contribution in [-0.2, 0) is 0 Å². The molecule has 120 valence electrons. The first-order valence-corrected chi connectivity index (χ1v) is 7.67. The quantitative estimate of drug-likeness (QED) is 0.235. The van der Waals surface area contributed by atoms with Crippen molar-refractivity contribution in [1.29, 1.82) is 0 Å². The predicted octanol–water partition coefficient (Wildman–Crippen LogP) is 4.74. The summed E-state index contributed by atoms with van der Waals surface area (Å²) < 4.78 is 0. The molecule has 0 heterocycles. The van der Waals surface area contributed by atoms with Gasteiger partial charge in [-0.3, -0.25) is 14.9 Å². The van der Waals surface area contributed by atoms with Crippen molar-refractivity contribution in [3.05, 3.63) is 45.5 Å². The summed E-state index contributed by atoms with van der Waals surface area (Å²) in [5.41, 5.74) is 1.81. The van der Waals surface area contributed by atoms with Crippen molar-refractivity contribution in [3.8, 4) is 0 Å². The van der Waals surface area contributed by atoms with Gasteiger partial charge in [-0.25, -0.2) is 0 Å². The second-order valence-electron chi connectivity index (χ2n) is 5.56. The number of hydrogen-bond acceptors (Lipinski definition) is 4. The fourth-order valence-corrected chi connectivity index (χ4v) is 2.12. The van der Waals surface area contributed by atoms with E-state index in [0.717, 1.165) is 25.0 Å². The molecule has 0 aliphatic carbocycles. The molecule has 0 aliphatic rings. The smallest absolute Gasteiger partial charge is 0.270 e. The van der Waals surface area contributed by atoms with E-state index < -0.39 is 4.92 Å². The minimum Gasteiger partial charge on any atom is -0.384 e. The largest absolute Gasteiger partial charge is 0.384 e. The minimum atomic E-state index is -0.482. The van der Waals surface area contributed by atoms with Crippen LogP contribution in [0.2, 0.25) is 0 Å². The Hall–Kier alpha value is -2.17. The zero-order valence-electron chi connectivity index (χ0n) is 13.5. The molecule has 0 aliphatic heterocycles. The van der Waals surface area contributed by atoms with Gasteiger partial charge in [0.1, 0.15) is 0 Å². The van der Waals surface area contributed by atoms with Crippen LogP contribution in [0.5, 0.6) is 0 Å². The number of allylic oxidation sites excluding steroid dienone is 2. The molecule has 22 heavy (non-hydrogen) atoms. The molecule has 1 rings (SSSR count). The van der Waals surface area contributed by atoms with Gasteiger partial charge in [0.05, 0.1) is 10.5 Å². The van der Waals surface area contributed by atoms with Crippen LogP contribution in [0.15, 0.2) is 29.8 Å². The first-order valence-electron chi connectivity index (χ1n) is 7.67. The Balaban J connectivity index is 2.92. The maximum atomic E-state index is 12.2. The molecule has 0 aromatic heterocycles. The maximum absolute atomic E-state index is 12.2. The lowest BCUT2D eigenvalue weighted by molar-refractivity contribution is -0.384. The van der Waals surface area contributed by atoms with Gasteiger partial charge >= 0.3 is 0 Å². The number of unbranched alkanes of at least 4 members (excludes halogenated alkanes) is 3. The molecule has 0 amide bonds. The number of rotatable bonds is 9. The summed E-state index contributed by atoms with van der Waals surface area (Å²) in [4.78, 5) is 22.7. The van der Waals surface area contributed by atoms with Crippen LogP contribution in [0.25, 0.3) is 0 Å². The Morgan fingerprint density at radius 3 is 2.59 bits per heavy atom. The van der Waals surface area contributed by atoms with Crippen molar-refractivity contribution in [2.24, 2.45) is 0 Å². The third-order valence-corrected chi connectivity index (χ3v) is 3.24. The zero-order valence-corrected chi connectivity index (χ0v) is 13.5. The fourth-order valence-electron chi connectivity index (χ4n) is 2.12. The van der Waals surface area contributed by atoms with Crippen LogP contribution < -0.4 is 5.32 Å². The zero-order chi connectivity index (χ0) is 16.5. The summed E-state index contributed by atoms with van der Waals surface area (Å²) in [6, 6.07) is 4.38. The number of carbonyl (C=O) groups is 1. The summed E-state index contributed by atoms with van der Waals surface area (Å²) in [5, 5.41) is 14.1. The summed E-state index contributed by atoms with van der Waals surface area (Å²) in [5.74, 6) is -0.209. The molecule has 0 radical (unpaired) electrons. The Kier molecular flexibility index (Phi) is 7.29. The molecular weight excluding hydrogens is 280 g/mol. The first-order chi connectivity index (χ1) is 10.5. The highest BCUT2D eigenvalue weighted by Gasteiger charge is 2.15. The van der Waals surface area contributed by atoms with Gasteiger partial charge in [-0.05, 0) is 32.4 Å². The number of ketones is 1. The van der Waals surface area contributed by atoms with Gasteiger partial charge in [0, 0.05) is 24.4 Å². The molecule has 5 heteroatoms. The Bertz CT molecular complexity index is 561. The Labute approximate surface area is 131 Å². The van der Waals surface area contributed by atoms with Crippen molar-refractivity contribution in [2.75, 3.05) is 11.9 Å². The molecule has 0 saturated carbocycles. The van der Waals surface area contributed by atoms with E-state index in [1.165, 1.54) is 31.1 Å². The van der Waals surface area contributed by atoms with Crippen LogP contribution in [-0.4, -0.2) is 17.3 Å². The van der Waals surface area contributed by atoms with Gasteiger partial charge in [0.15, 0.2) is 5.78 Å².